The van der Waals surface area contributed by atoms with Crippen molar-refractivity contribution in [2.24, 2.45) is 11.8 Å². The molecule has 0 fully saturated rings. The summed E-state index contributed by atoms with van der Waals surface area (Å²) in [5, 5.41) is 3.14. The van der Waals surface area contributed by atoms with E-state index in [2.05, 4.69) is 25.2 Å². The predicted molar refractivity (Wildman–Crippen MR) is 75.6 cm³/mol. The van der Waals surface area contributed by atoms with Crippen LogP contribution in [0.5, 0.6) is 0 Å². The number of nitrogens with one attached hydrogen (secondary N) is 1. The molecule has 0 heterocycles. The van der Waals surface area contributed by atoms with E-state index in [1.807, 2.05) is 0 Å². The van der Waals surface area contributed by atoms with Gasteiger partial charge in [0.1, 0.15) is 0 Å². The van der Waals surface area contributed by atoms with Crippen molar-refractivity contribution in [3.8, 4) is 0 Å². The Labute approximate surface area is 117 Å². The van der Waals surface area contributed by atoms with Crippen LogP contribution in [0.4, 0.5) is 18.9 Å². The highest BCUT2D eigenvalue weighted by atomic mass is 19.4. The molecule has 1 aromatic rings. The number of hydrogen-bond donors (Lipinski definition) is 1. The minimum Gasteiger partial charge on any atom is -0.385 e. The Morgan fingerprint density at radius 2 is 2.05 bits per heavy atom. The molecule has 0 amide bonds. The summed E-state index contributed by atoms with van der Waals surface area (Å²) < 4.78 is 37.9. The highest BCUT2D eigenvalue weighted by Gasteiger charge is 2.30. The molecule has 1 aliphatic rings. The van der Waals surface area contributed by atoms with Crippen LogP contribution in [0, 0.1) is 11.8 Å². The van der Waals surface area contributed by atoms with Crippen molar-refractivity contribution in [1.82, 2.24) is 0 Å². The molecule has 4 heteroatoms. The smallest absolute Gasteiger partial charge is 0.385 e. The molecule has 110 valence electrons. The summed E-state index contributed by atoms with van der Waals surface area (Å²) in [4.78, 5) is 0. The van der Waals surface area contributed by atoms with Crippen LogP contribution in [-0.2, 0) is 6.18 Å². The summed E-state index contributed by atoms with van der Waals surface area (Å²) in [6, 6.07) is 5.40. The predicted octanol–water partition coefficient (Wildman–Crippen LogP) is 5.11. The molecule has 20 heavy (non-hydrogen) atoms. The zero-order valence-electron chi connectivity index (χ0n) is 11.8. The van der Waals surface area contributed by atoms with Crippen LogP contribution in [0.15, 0.2) is 35.9 Å². The summed E-state index contributed by atoms with van der Waals surface area (Å²) in [5.41, 5.74) is 1.31. The van der Waals surface area contributed by atoms with Crippen LogP contribution in [0.2, 0.25) is 0 Å². The summed E-state index contributed by atoms with van der Waals surface area (Å²) >= 11 is 0. The Morgan fingerprint density at radius 3 is 2.70 bits per heavy atom. The number of benzene rings is 1. The van der Waals surface area contributed by atoms with Gasteiger partial charge in [-0.15, -0.1) is 0 Å². The first-order valence-electron chi connectivity index (χ1n) is 6.93. The van der Waals surface area contributed by atoms with Crippen molar-refractivity contribution < 1.29 is 13.2 Å². The van der Waals surface area contributed by atoms with Crippen LogP contribution in [0.25, 0.3) is 0 Å². The Hall–Kier alpha value is -1.45. The summed E-state index contributed by atoms with van der Waals surface area (Å²) in [7, 11) is 0. The topological polar surface area (TPSA) is 12.0 Å². The van der Waals surface area contributed by atoms with Crippen LogP contribution in [-0.4, -0.2) is 6.54 Å². The Balaban J connectivity index is 1.96. The fourth-order valence-electron chi connectivity index (χ4n) is 2.91. The molecule has 0 saturated carbocycles. The van der Waals surface area contributed by atoms with Gasteiger partial charge < -0.3 is 5.32 Å². The molecule has 1 aromatic carbocycles. The zero-order chi connectivity index (χ0) is 14.8. The number of alkyl halides is 3. The summed E-state index contributed by atoms with van der Waals surface area (Å²) in [6.07, 6.45) is 0.108. The molecule has 2 rings (SSSR count). The van der Waals surface area contributed by atoms with Gasteiger partial charge in [-0.05, 0) is 49.8 Å². The third kappa shape index (κ3) is 4.02. The maximum absolute atomic E-state index is 12.6. The van der Waals surface area contributed by atoms with E-state index in [4.69, 9.17) is 0 Å². The van der Waals surface area contributed by atoms with Crippen molar-refractivity contribution in [2.75, 3.05) is 11.9 Å². The second-order valence-corrected chi connectivity index (χ2v) is 5.76. The molecular formula is C16H20F3N. The average Bonchev–Trinajstić information content (AvgIpc) is 2.35. The van der Waals surface area contributed by atoms with Crippen molar-refractivity contribution in [3.63, 3.8) is 0 Å². The SMILES string of the molecule is CC1=CC(C)CC(CNc2cccc(C(F)(F)F)c2)C1. The van der Waals surface area contributed by atoms with Gasteiger partial charge in [-0.3, -0.25) is 0 Å². The summed E-state index contributed by atoms with van der Waals surface area (Å²) in [6.45, 7) is 5.02. The fraction of sp³-hybridized carbons (Fsp3) is 0.500. The van der Waals surface area contributed by atoms with Gasteiger partial charge in [0.2, 0.25) is 0 Å². The maximum atomic E-state index is 12.6. The first-order valence-corrected chi connectivity index (χ1v) is 6.93. The summed E-state index contributed by atoms with van der Waals surface area (Å²) in [5.74, 6) is 1.04. The first-order chi connectivity index (χ1) is 9.34. The molecule has 0 aromatic heterocycles. The number of rotatable bonds is 3. The zero-order valence-corrected chi connectivity index (χ0v) is 11.8. The lowest BCUT2D eigenvalue weighted by molar-refractivity contribution is -0.137. The van der Waals surface area contributed by atoms with Gasteiger partial charge in [-0.2, -0.15) is 13.2 Å². The highest BCUT2D eigenvalue weighted by molar-refractivity contribution is 5.46. The lowest BCUT2D eigenvalue weighted by Gasteiger charge is -2.26. The normalized spacial score (nSPS) is 23.4. The molecular weight excluding hydrogens is 263 g/mol. The highest BCUT2D eigenvalue weighted by Crippen LogP contribution is 2.31. The van der Waals surface area contributed by atoms with E-state index in [1.165, 1.54) is 17.7 Å². The van der Waals surface area contributed by atoms with Crippen LogP contribution in [0.3, 0.4) is 0 Å². The van der Waals surface area contributed by atoms with Gasteiger partial charge in [0.05, 0.1) is 5.56 Å². The van der Waals surface area contributed by atoms with E-state index in [0.717, 1.165) is 25.5 Å². The molecule has 0 radical (unpaired) electrons. The van der Waals surface area contributed by atoms with Crippen molar-refractivity contribution >= 4 is 5.69 Å². The van der Waals surface area contributed by atoms with E-state index in [0.29, 0.717) is 17.5 Å². The lowest BCUT2D eigenvalue weighted by atomic mass is 9.84. The van der Waals surface area contributed by atoms with Gasteiger partial charge >= 0.3 is 6.18 Å². The van der Waals surface area contributed by atoms with Gasteiger partial charge in [0.15, 0.2) is 0 Å². The molecule has 0 aliphatic heterocycles. The average molecular weight is 283 g/mol. The van der Waals surface area contributed by atoms with E-state index in [1.54, 1.807) is 6.07 Å². The first kappa shape index (κ1) is 14.9. The van der Waals surface area contributed by atoms with Crippen LogP contribution >= 0.6 is 0 Å². The van der Waals surface area contributed by atoms with Crippen LogP contribution in [0.1, 0.15) is 32.3 Å². The largest absolute Gasteiger partial charge is 0.416 e. The fourth-order valence-corrected chi connectivity index (χ4v) is 2.91. The van der Waals surface area contributed by atoms with Gasteiger partial charge in [-0.25, -0.2) is 0 Å². The van der Waals surface area contributed by atoms with Gasteiger partial charge in [0.25, 0.3) is 0 Å². The minimum atomic E-state index is -4.28. The molecule has 1 aliphatic carbocycles. The maximum Gasteiger partial charge on any atom is 0.416 e. The lowest BCUT2D eigenvalue weighted by Crippen LogP contribution is -2.20. The van der Waals surface area contributed by atoms with E-state index >= 15 is 0 Å². The molecule has 2 atom stereocenters. The quantitative estimate of drug-likeness (QED) is 0.760. The Kier molecular flexibility index (Phi) is 4.41. The third-order valence-corrected chi connectivity index (χ3v) is 3.67. The van der Waals surface area contributed by atoms with E-state index < -0.39 is 11.7 Å². The van der Waals surface area contributed by atoms with Gasteiger partial charge in [0, 0.05) is 12.2 Å². The molecule has 1 nitrogen and oxygen atoms in total. The van der Waals surface area contributed by atoms with Crippen molar-refractivity contribution in [3.05, 3.63) is 41.5 Å². The number of allylic oxidation sites excluding steroid dienone is 2. The number of anilines is 1. The van der Waals surface area contributed by atoms with E-state index in [-0.39, 0.29) is 0 Å². The van der Waals surface area contributed by atoms with Crippen molar-refractivity contribution in [2.45, 2.75) is 32.9 Å². The number of hydrogen-bond acceptors (Lipinski definition) is 1. The molecule has 1 N–H and O–H groups in total. The second-order valence-electron chi connectivity index (χ2n) is 5.76. The third-order valence-electron chi connectivity index (χ3n) is 3.67. The monoisotopic (exact) mass is 283 g/mol. The standard InChI is InChI=1S/C16H20F3N/c1-11-6-12(2)8-13(7-11)10-20-15-5-3-4-14(9-15)16(17,18)19/h3-6,9,11,13,20H,7-8,10H2,1-2H3. The molecule has 0 spiro atoms. The Morgan fingerprint density at radius 1 is 1.30 bits per heavy atom. The van der Waals surface area contributed by atoms with Crippen molar-refractivity contribution in [1.29, 1.82) is 0 Å². The van der Waals surface area contributed by atoms with Crippen LogP contribution < -0.4 is 5.32 Å². The second kappa shape index (κ2) is 5.90. The molecule has 2 unspecified atom stereocenters. The van der Waals surface area contributed by atoms with Gasteiger partial charge in [-0.1, -0.05) is 24.6 Å². The Bertz CT molecular complexity index is 491. The minimum absolute atomic E-state index is 0.490. The number of halogens is 3. The van der Waals surface area contributed by atoms with E-state index in [9.17, 15) is 13.2 Å². The molecule has 0 bridgehead atoms. The molecule has 0 saturated heterocycles.